The van der Waals surface area contributed by atoms with Crippen molar-refractivity contribution in [1.29, 1.82) is 0 Å². The van der Waals surface area contributed by atoms with E-state index in [1.165, 1.54) is 11.3 Å². The van der Waals surface area contributed by atoms with E-state index in [-0.39, 0.29) is 5.91 Å². The SMILES string of the molecule is COc1ccc(CNC(=O)c2sc(-c3ccccc3)nc2C)cn1. The molecule has 3 rings (SSSR count). The standard InChI is InChI=1S/C18H17N3O2S/c1-12-16(24-18(21-12)14-6-4-3-5-7-14)17(22)20-11-13-8-9-15(23-2)19-10-13/h3-10H,11H2,1-2H3,(H,20,22). The zero-order chi connectivity index (χ0) is 16.9. The molecule has 0 saturated carbocycles. The number of aromatic nitrogens is 2. The fourth-order valence-electron chi connectivity index (χ4n) is 2.21. The van der Waals surface area contributed by atoms with Gasteiger partial charge in [-0.15, -0.1) is 11.3 Å². The minimum atomic E-state index is -0.122. The van der Waals surface area contributed by atoms with Crippen LogP contribution < -0.4 is 10.1 Å². The molecule has 1 amide bonds. The predicted octanol–water partition coefficient (Wildman–Crippen LogP) is 3.45. The van der Waals surface area contributed by atoms with E-state index in [0.29, 0.717) is 17.3 Å². The third-order valence-corrected chi connectivity index (χ3v) is 4.69. The van der Waals surface area contributed by atoms with Crippen molar-refractivity contribution in [2.45, 2.75) is 13.5 Å². The quantitative estimate of drug-likeness (QED) is 0.773. The van der Waals surface area contributed by atoms with Gasteiger partial charge in [0.15, 0.2) is 0 Å². The maximum absolute atomic E-state index is 12.4. The van der Waals surface area contributed by atoms with Gasteiger partial charge in [0.05, 0.1) is 12.8 Å². The van der Waals surface area contributed by atoms with Crippen molar-refractivity contribution in [2.75, 3.05) is 7.11 Å². The van der Waals surface area contributed by atoms with E-state index < -0.39 is 0 Å². The van der Waals surface area contributed by atoms with Crippen LogP contribution in [0.3, 0.4) is 0 Å². The van der Waals surface area contributed by atoms with Crippen molar-refractivity contribution in [3.05, 3.63) is 64.8 Å². The molecule has 1 N–H and O–H groups in total. The second-order valence-electron chi connectivity index (χ2n) is 5.19. The number of aryl methyl sites for hydroxylation is 1. The maximum Gasteiger partial charge on any atom is 0.263 e. The average molecular weight is 339 g/mol. The number of nitrogens with zero attached hydrogens (tertiary/aromatic N) is 2. The van der Waals surface area contributed by atoms with Crippen LogP contribution in [0, 0.1) is 6.92 Å². The molecule has 2 heterocycles. The molecular formula is C18H17N3O2S. The van der Waals surface area contributed by atoms with Crippen LogP contribution in [0.1, 0.15) is 20.9 Å². The van der Waals surface area contributed by atoms with E-state index in [0.717, 1.165) is 21.8 Å². The summed E-state index contributed by atoms with van der Waals surface area (Å²) in [5.41, 5.74) is 2.67. The van der Waals surface area contributed by atoms with Crippen molar-refractivity contribution in [3.8, 4) is 16.5 Å². The Morgan fingerprint density at radius 1 is 1.21 bits per heavy atom. The van der Waals surface area contributed by atoms with Crippen LogP contribution in [0.15, 0.2) is 48.7 Å². The van der Waals surface area contributed by atoms with E-state index in [1.807, 2.05) is 43.3 Å². The Balaban J connectivity index is 1.69. The van der Waals surface area contributed by atoms with Crippen molar-refractivity contribution < 1.29 is 9.53 Å². The number of rotatable bonds is 5. The number of methoxy groups -OCH3 is 1. The van der Waals surface area contributed by atoms with Crippen molar-refractivity contribution in [3.63, 3.8) is 0 Å². The lowest BCUT2D eigenvalue weighted by Crippen LogP contribution is -2.22. The Kier molecular flexibility index (Phi) is 4.86. The summed E-state index contributed by atoms with van der Waals surface area (Å²) in [6.07, 6.45) is 1.69. The first-order valence-electron chi connectivity index (χ1n) is 7.47. The number of ether oxygens (including phenoxy) is 1. The molecule has 0 fully saturated rings. The monoisotopic (exact) mass is 339 g/mol. The van der Waals surface area contributed by atoms with Crippen molar-refractivity contribution in [1.82, 2.24) is 15.3 Å². The lowest BCUT2D eigenvalue weighted by atomic mass is 10.2. The summed E-state index contributed by atoms with van der Waals surface area (Å²) in [7, 11) is 1.57. The molecule has 5 nitrogen and oxygen atoms in total. The number of hydrogen-bond acceptors (Lipinski definition) is 5. The predicted molar refractivity (Wildman–Crippen MR) is 94.2 cm³/mol. The molecule has 122 valence electrons. The van der Waals surface area contributed by atoms with E-state index in [1.54, 1.807) is 19.4 Å². The van der Waals surface area contributed by atoms with Gasteiger partial charge in [0.2, 0.25) is 5.88 Å². The fourth-order valence-corrected chi connectivity index (χ4v) is 3.20. The van der Waals surface area contributed by atoms with Crippen LogP contribution in [0.4, 0.5) is 0 Å². The molecule has 0 aliphatic rings. The molecule has 2 aromatic heterocycles. The number of thiazole rings is 1. The van der Waals surface area contributed by atoms with Gasteiger partial charge in [-0.1, -0.05) is 36.4 Å². The first kappa shape index (κ1) is 16.1. The molecule has 24 heavy (non-hydrogen) atoms. The lowest BCUT2D eigenvalue weighted by Gasteiger charge is -2.05. The van der Waals surface area contributed by atoms with E-state index in [4.69, 9.17) is 4.74 Å². The fraction of sp³-hybridized carbons (Fsp3) is 0.167. The van der Waals surface area contributed by atoms with Gasteiger partial charge in [-0.2, -0.15) is 0 Å². The molecular weight excluding hydrogens is 322 g/mol. The Morgan fingerprint density at radius 3 is 2.67 bits per heavy atom. The molecule has 0 atom stereocenters. The number of carbonyl (C=O) groups excluding carboxylic acids is 1. The topological polar surface area (TPSA) is 64.1 Å². The Labute approximate surface area is 144 Å². The summed E-state index contributed by atoms with van der Waals surface area (Å²) in [4.78, 5) is 21.7. The minimum Gasteiger partial charge on any atom is -0.481 e. The zero-order valence-corrected chi connectivity index (χ0v) is 14.3. The van der Waals surface area contributed by atoms with E-state index in [9.17, 15) is 4.79 Å². The average Bonchev–Trinajstić information content (AvgIpc) is 3.03. The van der Waals surface area contributed by atoms with Gasteiger partial charge in [-0.3, -0.25) is 4.79 Å². The third-order valence-electron chi connectivity index (χ3n) is 3.48. The largest absolute Gasteiger partial charge is 0.481 e. The Bertz CT molecular complexity index is 829. The number of nitrogens with one attached hydrogen (secondary N) is 1. The second-order valence-corrected chi connectivity index (χ2v) is 6.19. The minimum absolute atomic E-state index is 0.122. The number of pyridine rings is 1. The zero-order valence-electron chi connectivity index (χ0n) is 13.4. The van der Waals surface area contributed by atoms with Gasteiger partial charge >= 0.3 is 0 Å². The Hall–Kier alpha value is -2.73. The first-order chi connectivity index (χ1) is 11.7. The normalized spacial score (nSPS) is 10.4. The molecule has 0 aliphatic heterocycles. The number of hydrogen-bond donors (Lipinski definition) is 1. The van der Waals surface area contributed by atoms with Crippen LogP contribution in [0.5, 0.6) is 5.88 Å². The Morgan fingerprint density at radius 2 is 2.00 bits per heavy atom. The maximum atomic E-state index is 12.4. The van der Waals surface area contributed by atoms with Gasteiger partial charge < -0.3 is 10.1 Å². The van der Waals surface area contributed by atoms with Crippen molar-refractivity contribution in [2.24, 2.45) is 0 Å². The van der Waals surface area contributed by atoms with Crippen LogP contribution >= 0.6 is 11.3 Å². The van der Waals surface area contributed by atoms with Crippen molar-refractivity contribution >= 4 is 17.2 Å². The van der Waals surface area contributed by atoms with Gasteiger partial charge in [-0.25, -0.2) is 9.97 Å². The smallest absolute Gasteiger partial charge is 0.263 e. The van der Waals surface area contributed by atoms with E-state index in [2.05, 4.69) is 15.3 Å². The summed E-state index contributed by atoms with van der Waals surface area (Å²) in [5.74, 6) is 0.430. The number of benzene rings is 1. The van der Waals surface area contributed by atoms with Crippen LogP contribution in [-0.2, 0) is 6.54 Å². The molecule has 0 spiro atoms. The number of amides is 1. The molecule has 6 heteroatoms. The first-order valence-corrected chi connectivity index (χ1v) is 8.29. The molecule has 0 aliphatic carbocycles. The molecule has 0 unspecified atom stereocenters. The van der Waals surface area contributed by atoms with Gasteiger partial charge in [0, 0.05) is 24.4 Å². The molecule has 3 aromatic rings. The highest BCUT2D eigenvalue weighted by Crippen LogP contribution is 2.27. The number of carbonyl (C=O) groups is 1. The van der Waals surface area contributed by atoms with Gasteiger partial charge in [0.1, 0.15) is 9.88 Å². The highest BCUT2D eigenvalue weighted by Gasteiger charge is 2.15. The van der Waals surface area contributed by atoms with Crippen LogP contribution in [-0.4, -0.2) is 23.0 Å². The summed E-state index contributed by atoms with van der Waals surface area (Å²) in [5, 5.41) is 3.76. The van der Waals surface area contributed by atoms with Crippen LogP contribution in [0.25, 0.3) is 10.6 Å². The lowest BCUT2D eigenvalue weighted by molar-refractivity contribution is 0.0954. The summed E-state index contributed by atoms with van der Waals surface area (Å²) >= 11 is 1.40. The highest BCUT2D eigenvalue weighted by molar-refractivity contribution is 7.17. The third kappa shape index (κ3) is 3.60. The molecule has 0 saturated heterocycles. The molecule has 1 aromatic carbocycles. The second kappa shape index (κ2) is 7.23. The molecule has 0 radical (unpaired) electrons. The molecule has 0 bridgehead atoms. The summed E-state index contributed by atoms with van der Waals surface area (Å²) in [6.45, 7) is 2.26. The van der Waals surface area contributed by atoms with Gasteiger partial charge in [-0.05, 0) is 12.5 Å². The van der Waals surface area contributed by atoms with Crippen LogP contribution in [0.2, 0.25) is 0 Å². The highest BCUT2D eigenvalue weighted by atomic mass is 32.1. The summed E-state index contributed by atoms with van der Waals surface area (Å²) < 4.78 is 5.02. The van der Waals surface area contributed by atoms with Gasteiger partial charge in [0.25, 0.3) is 5.91 Å². The van der Waals surface area contributed by atoms with E-state index >= 15 is 0 Å². The summed E-state index contributed by atoms with van der Waals surface area (Å²) in [6, 6.07) is 13.5.